The van der Waals surface area contributed by atoms with Crippen LogP contribution < -0.4 is 10.1 Å². The lowest BCUT2D eigenvalue weighted by Gasteiger charge is -2.10. The summed E-state index contributed by atoms with van der Waals surface area (Å²) in [7, 11) is 0. The Morgan fingerprint density at radius 2 is 1.77 bits per heavy atom. The van der Waals surface area contributed by atoms with Gasteiger partial charge < -0.3 is 10.1 Å². The zero-order valence-corrected chi connectivity index (χ0v) is 14.5. The average molecular weight is 350 g/mol. The van der Waals surface area contributed by atoms with Crippen molar-refractivity contribution in [1.82, 2.24) is 9.97 Å². The summed E-state index contributed by atoms with van der Waals surface area (Å²) in [4.78, 5) is 19.0. The SMILES string of the molecule is CCc1ccc(Nc2ncnc(Oc3ccc(C)cc3)c2[N+](=O)[O-])cc1. The van der Waals surface area contributed by atoms with E-state index in [0.29, 0.717) is 11.4 Å². The molecule has 7 heteroatoms. The van der Waals surface area contributed by atoms with E-state index in [-0.39, 0.29) is 17.4 Å². The number of anilines is 2. The molecule has 0 spiro atoms. The zero-order valence-electron chi connectivity index (χ0n) is 14.5. The fourth-order valence-corrected chi connectivity index (χ4v) is 2.37. The molecule has 132 valence electrons. The van der Waals surface area contributed by atoms with E-state index in [0.717, 1.165) is 12.0 Å². The second-order valence-electron chi connectivity index (χ2n) is 5.72. The first-order chi connectivity index (χ1) is 12.6. The maximum atomic E-state index is 11.6. The van der Waals surface area contributed by atoms with Crippen LogP contribution in [0.3, 0.4) is 0 Å². The number of nitrogens with zero attached hydrogens (tertiary/aromatic N) is 3. The molecule has 1 N–H and O–H groups in total. The highest BCUT2D eigenvalue weighted by molar-refractivity contribution is 5.68. The van der Waals surface area contributed by atoms with Gasteiger partial charge in [0.2, 0.25) is 5.82 Å². The fourth-order valence-electron chi connectivity index (χ4n) is 2.37. The average Bonchev–Trinajstić information content (AvgIpc) is 2.64. The molecule has 0 aliphatic carbocycles. The van der Waals surface area contributed by atoms with Gasteiger partial charge >= 0.3 is 11.6 Å². The van der Waals surface area contributed by atoms with Crippen molar-refractivity contribution in [3.05, 3.63) is 76.1 Å². The minimum absolute atomic E-state index is 0.0800. The van der Waals surface area contributed by atoms with Crippen molar-refractivity contribution in [2.75, 3.05) is 5.32 Å². The molecule has 0 bridgehead atoms. The van der Waals surface area contributed by atoms with Gasteiger partial charge in [0.25, 0.3) is 0 Å². The third kappa shape index (κ3) is 3.94. The Labute approximate surface area is 150 Å². The lowest BCUT2D eigenvalue weighted by Crippen LogP contribution is -2.03. The summed E-state index contributed by atoms with van der Waals surface area (Å²) < 4.78 is 5.61. The molecule has 3 rings (SSSR count). The van der Waals surface area contributed by atoms with Gasteiger partial charge in [0.15, 0.2) is 0 Å². The first-order valence-electron chi connectivity index (χ1n) is 8.16. The van der Waals surface area contributed by atoms with Gasteiger partial charge in [-0.3, -0.25) is 10.1 Å². The van der Waals surface area contributed by atoms with Crippen molar-refractivity contribution in [2.45, 2.75) is 20.3 Å². The standard InChI is InChI=1S/C19H18N4O3/c1-3-14-6-8-15(9-7-14)22-18-17(23(24)25)19(21-12-20-18)26-16-10-4-13(2)5-11-16/h4-12H,3H2,1-2H3,(H,20,21,22). The van der Waals surface area contributed by atoms with E-state index >= 15 is 0 Å². The monoisotopic (exact) mass is 350 g/mol. The molecule has 2 aromatic carbocycles. The van der Waals surface area contributed by atoms with Gasteiger partial charge in [-0.25, -0.2) is 4.98 Å². The molecule has 0 saturated carbocycles. The molecule has 0 radical (unpaired) electrons. The van der Waals surface area contributed by atoms with Crippen molar-refractivity contribution in [1.29, 1.82) is 0 Å². The predicted molar refractivity (Wildman–Crippen MR) is 99.0 cm³/mol. The highest BCUT2D eigenvalue weighted by atomic mass is 16.6. The van der Waals surface area contributed by atoms with E-state index in [1.807, 2.05) is 43.3 Å². The summed E-state index contributed by atoms with van der Waals surface area (Å²) in [6, 6.07) is 14.8. The van der Waals surface area contributed by atoms with Gasteiger partial charge in [-0.1, -0.05) is 36.8 Å². The summed E-state index contributed by atoms with van der Waals surface area (Å²) in [5.41, 5.74) is 2.63. The highest BCUT2D eigenvalue weighted by Gasteiger charge is 2.25. The van der Waals surface area contributed by atoms with Crippen LogP contribution in [0, 0.1) is 17.0 Å². The molecule has 0 amide bonds. The van der Waals surface area contributed by atoms with Gasteiger partial charge in [0, 0.05) is 5.69 Å². The fraction of sp³-hybridized carbons (Fsp3) is 0.158. The number of aryl methyl sites for hydroxylation is 2. The Morgan fingerprint density at radius 3 is 2.38 bits per heavy atom. The molecule has 0 aliphatic heterocycles. The van der Waals surface area contributed by atoms with E-state index in [9.17, 15) is 10.1 Å². The number of rotatable bonds is 6. The van der Waals surface area contributed by atoms with E-state index in [1.165, 1.54) is 11.9 Å². The molecular formula is C19H18N4O3. The largest absolute Gasteiger partial charge is 0.434 e. The number of hydrogen-bond acceptors (Lipinski definition) is 6. The molecule has 7 nitrogen and oxygen atoms in total. The van der Waals surface area contributed by atoms with Crippen molar-refractivity contribution in [3.63, 3.8) is 0 Å². The van der Waals surface area contributed by atoms with Gasteiger partial charge in [0.1, 0.15) is 12.1 Å². The Kier molecular flexibility index (Phi) is 5.07. The Morgan fingerprint density at radius 1 is 1.08 bits per heavy atom. The normalized spacial score (nSPS) is 10.4. The van der Waals surface area contributed by atoms with Crippen molar-refractivity contribution in [3.8, 4) is 11.6 Å². The number of nitro groups is 1. The molecule has 3 aromatic rings. The molecule has 0 unspecified atom stereocenters. The van der Waals surface area contributed by atoms with Crippen LogP contribution in [-0.4, -0.2) is 14.9 Å². The van der Waals surface area contributed by atoms with Crippen LogP contribution in [0.15, 0.2) is 54.9 Å². The minimum Gasteiger partial charge on any atom is -0.434 e. The molecule has 0 aliphatic rings. The van der Waals surface area contributed by atoms with Crippen molar-refractivity contribution in [2.24, 2.45) is 0 Å². The van der Waals surface area contributed by atoms with E-state index < -0.39 is 4.92 Å². The summed E-state index contributed by atoms with van der Waals surface area (Å²) in [6.45, 7) is 4.01. The third-order valence-corrected chi connectivity index (χ3v) is 3.83. The Balaban J connectivity index is 1.92. The Bertz CT molecular complexity index is 909. The van der Waals surface area contributed by atoms with E-state index in [1.54, 1.807) is 12.1 Å². The molecule has 1 heterocycles. The highest BCUT2D eigenvalue weighted by Crippen LogP contribution is 2.35. The van der Waals surface area contributed by atoms with Crippen LogP contribution in [0.25, 0.3) is 0 Å². The molecule has 0 saturated heterocycles. The number of hydrogen-bond donors (Lipinski definition) is 1. The van der Waals surface area contributed by atoms with Crippen LogP contribution in [0.1, 0.15) is 18.1 Å². The number of benzene rings is 2. The van der Waals surface area contributed by atoms with Crippen LogP contribution in [0.5, 0.6) is 11.6 Å². The lowest BCUT2D eigenvalue weighted by atomic mass is 10.1. The zero-order chi connectivity index (χ0) is 18.5. The number of ether oxygens (including phenoxy) is 1. The second kappa shape index (κ2) is 7.60. The van der Waals surface area contributed by atoms with Gasteiger partial charge in [-0.15, -0.1) is 0 Å². The van der Waals surface area contributed by atoms with E-state index in [4.69, 9.17) is 4.74 Å². The maximum absolute atomic E-state index is 11.6. The lowest BCUT2D eigenvalue weighted by molar-refractivity contribution is -0.385. The molecular weight excluding hydrogens is 332 g/mol. The van der Waals surface area contributed by atoms with Crippen LogP contribution in [-0.2, 0) is 6.42 Å². The first-order valence-corrected chi connectivity index (χ1v) is 8.16. The van der Waals surface area contributed by atoms with Gasteiger partial charge in [-0.05, 0) is 43.2 Å². The molecule has 0 atom stereocenters. The van der Waals surface area contributed by atoms with Gasteiger partial charge in [0.05, 0.1) is 4.92 Å². The number of nitrogens with one attached hydrogen (secondary N) is 1. The predicted octanol–water partition coefficient (Wildman–Crippen LogP) is 4.79. The minimum atomic E-state index is -0.549. The molecule has 26 heavy (non-hydrogen) atoms. The van der Waals surface area contributed by atoms with Crippen LogP contribution in [0.4, 0.5) is 17.2 Å². The van der Waals surface area contributed by atoms with Gasteiger partial charge in [-0.2, -0.15) is 4.98 Å². The topological polar surface area (TPSA) is 90.2 Å². The third-order valence-electron chi connectivity index (χ3n) is 3.83. The number of aromatic nitrogens is 2. The summed E-state index contributed by atoms with van der Waals surface area (Å²) >= 11 is 0. The maximum Gasteiger partial charge on any atom is 0.373 e. The quantitative estimate of drug-likeness (QED) is 0.508. The van der Waals surface area contributed by atoms with Crippen molar-refractivity contribution >= 4 is 17.2 Å². The summed E-state index contributed by atoms with van der Waals surface area (Å²) in [5, 5.41) is 14.6. The molecule has 0 fully saturated rings. The Hall–Kier alpha value is -3.48. The molecule has 1 aromatic heterocycles. The van der Waals surface area contributed by atoms with Crippen molar-refractivity contribution < 1.29 is 9.66 Å². The van der Waals surface area contributed by atoms with Crippen LogP contribution in [0.2, 0.25) is 0 Å². The smallest absolute Gasteiger partial charge is 0.373 e. The van der Waals surface area contributed by atoms with E-state index in [2.05, 4.69) is 22.2 Å². The van der Waals surface area contributed by atoms with Crippen LogP contribution >= 0.6 is 0 Å². The summed E-state index contributed by atoms with van der Waals surface area (Å²) in [6.07, 6.45) is 2.15. The summed E-state index contributed by atoms with van der Waals surface area (Å²) in [5.74, 6) is 0.438. The first kappa shape index (κ1) is 17.3. The second-order valence-corrected chi connectivity index (χ2v) is 5.72.